The normalized spacial score (nSPS) is 15.0. The smallest absolute Gasteiger partial charge is 0.339 e. The van der Waals surface area contributed by atoms with Crippen LogP contribution in [-0.2, 0) is 16.0 Å². The Labute approximate surface area is 205 Å². The van der Waals surface area contributed by atoms with Crippen LogP contribution in [-0.4, -0.2) is 29.0 Å². The second-order valence-electron chi connectivity index (χ2n) is 7.90. The molecule has 3 amide bonds. The lowest BCUT2D eigenvalue weighted by Crippen LogP contribution is -2.42. The second kappa shape index (κ2) is 9.83. The first-order valence-corrected chi connectivity index (χ1v) is 11.4. The van der Waals surface area contributed by atoms with Gasteiger partial charge in [0.05, 0.1) is 26.8 Å². The van der Waals surface area contributed by atoms with E-state index in [-0.39, 0.29) is 0 Å². The molecule has 174 valence electrons. The zero-order chi connectivity index (χ0) is 24.4. The Morgan fingerprint density at radius 1 is 1.12 bits per heavy atom. The van der Waals surface area contributed by atoms with Gasteiger partial charge in [-0.05, 0) is 61.1 Å². The molecule has 1 aliphatic carbocycles. The van der Waals surface area contributed by atoms with E-state index in [0.717, 1.165) is 29.5 Å². The number of hydrogen-bond acceptors (Lipinski definition) is 5. The number of allylic oxidation sites excluding steroid dienone is 1. The highest BCUT2D eigenvalue weighted by Crippen LogP contribution is 2.38. The lowest BCUT2D eigenvalue weighted by molar-refractivity contribution is -0.127. The highest BCUT2D eigenvalue weighted by Gasteiger charge is 2.28. The standard InChI is InChI=1S/C25H21Cl2N3O4/c1-13(23(31)30-25(28)33)34-24(32)20-16-8-2-3-11-19(16)29-22-15(7-4-9-17(20)22)12-14-6-5-10-18(26)21(14)27/h2-3,5-6,8,10-13H,4,7,9H2,1H3,(H3,28,30,31,33)/b15-12+. The van der Waals surface area contributed by atoms with Crippen LogP contribution in [0.5, 0.6) is 0 Å². The molecule has 34 heavy (non-hydrogen) atoms. The number of carbonyl (C=O) groups is 3. The van der Waals surface area contributed by atoms with E-state index in [9.17, 15) is 14.4 Å². The molecule has 1 aliphatic rings. The predicted octanol–water partition coefficient (Wildman–Crippen LogP) is 5.16. The molecular formula is C25H21Cl2N3O4. The molecule has 3 aromatic rings. The molecule has 0 fully saturated rings. The minimum Gasteiger partial charge on any atom is -0.449 e. The lowest BCUT2D eigenvalue weighted by Gasteiger charge is -2.23. The fourth-order valence-electron chi connectivity index (χ4n) is 4.02. The minimum absolute atomic E-state index is 0.349. The van der Waals surface area contributed by atoms with Gasteiger partial charge in [0, 0.05) is 5.39 Å². The molecule has 1 heterocycles. The third kappa shape index (κ3) is 4.76. The molecule has 0 saturated carbocycles. The van der Waals surface area contributed by atoms with Crippen molar-refractivity contribution in [3.8, 4) is 0 Å². The molecule has 1 unspecified atom stereocenters. The van der Waals surface area contributed by atoms with Crippen molar-refractivity contribution in [2.24, 2.45) is 5.73 Å². The average Bonchev–Trinajstić information content (AvgIpc) is 2.80. The summed E-state index contributed by atoms with van der Waals surface area (Å²) in [6.07, 6.45) is 2.86. The van der Waals surface area contributed by atoms with E-state index in [4.69, 9.17) is 38.7 Å². The number of pyridine rings is 1. The highest BCUT2D eigenvalue weighted by molar-refractivity contribution is 6.43. The van der Waals surface area contributed by atoms with E-state index < -0.39 is 24.0 Å². The number of hydrogen-bond donors (Lipinski definition) is 2. The monoisotopic (exact) mass is 497 g/mol. The number of primary amides is 1. The van der Waals surface area contributed by atoms with Crippen LogP contribution in [0.4, 0.5) is 4.79 Å². The maximum absolute atomic E-state index is 13.3. The van der Waals surface area contributed by atoms with Gasteiger partial charge >= 0.3 is 12.0 Å². The minimum atomic E-state index is -1.22. The molecule has 7 nitrogen and oxygen atoms in total. The molecule has 0 aliphatic heterocycles. The number of urea groups is 1. The molecule has 0 spiro atoms. The van der Waals surface area contributed by atoms with Crippen LogP contribution >= 0.6 is 23.2 Å². The van der Waals surface area contributed by atoms with Gasteiger partial charge in [-0.2, -0.15) is 0 Å². The Balaban J connectivity index is 1.82. The summed E-state index contributed by atoms with van der Waals surface area (Å²) in [5, 5.41) is 3.44. The van der Waals surface area contributed by atoms with E-state index in [1.54, 1.807) is 12.1 Å². The van der Waals surface area contributed by atoms with Gasteiger partial charge in [0.2, 0.25) is 0 Å². The van der Waals surface area contributed by atoms with Crippen LogP contribution in [0.2, 0.25) is 10.0 Å². The van der Waals surface area contributed by atoms with E-state index in [2.05, 4.69) is 0 Å². The third-order valence-electron chi connectivity index (χ3n) is 5.59. The molecule has 2 aromatic carbocycles. The molecule has 3 N–H and O–H groups in total. The van der Waals surface area contributed by atoms with E-state index in [1.165, 1.54) is 6.92 Å². The Morgan fingerprint density at radius 2 is 1.88 bits per heavy atom. The Bertz CT molecular complexity index is 1350. The summed E-state index contributed by atoms with van der Waals surface area (Å²) in [5.74, 6) is -1.48. The van der Waals surface area contributed by atoms with Gasteiger partial charge in [0.15, 0.2) is 6.10 Å². The van der Waals surface area contributed by atoms with Crippen LogP contribution in [0.25, 0.3) is 22.6 Å². The number of para-hydroxylation sites is 1. The fraction of sp³-hybridized carbons (Fsp3) is 0.200. The van der Waals surface area contributed by atoms with Crippen LogP contribution in [0.15, 0.2) is 42.5 Å². The molecule has 9 heteroatoms. The number of imide groups is 1. The number of rotatable bonds is 4. The predicted molar refractivity (Wildman–Crippen MR) is 132 cm³/mol. The maximum atomic E-state index is 13.3. The topological polar surface area (TPSA) is 111 Å². The van der Waals surface area contributed by atoms with Crippen LogP contribution in [0, 0.1) is 0 Å². The molecule has 1 aromatic heterocycles. The van der Waals surface area contributed by atoms with Crippen molar-refractivity contribution in [3.63, 3.8) is 0 Å². The zero-order valence-corrected chi connectivity index (χ0v) is 19.7. The van der Waals surface area contributed by atoms with Crippen molar-refractivity contribution in [2.45, 2.75) is 32.3 Å². The lowest BCUT2D eigenvalue weighted by atomic mass is 9.86. The van der Waals surface area contributed by atoms with Crippen molar-refractivity contribution in [1.29, 1.82) is 0 Å². The molecular weight excluding hydrogens is 477 g/mol. The van der Waals surface area contributed by atoms with Crippen LogP contribution in [0.3, 0.4) is 0 Å². The Kier molecular flexibility index (Phi) is 6.86. The number of benzene rings is 2. The average molecular weight is 498 g/mol. The van der Waals surface area contributed by atoms with Crippen molar-refractivity contribution in [1.82, 2.24) is 10.3 Å². The molecule has 0 saturated heterocycles. The van der Waals surface area contributed by atoms with Gasteiger partial charge in [-0.15, -0.1) is 0 Å². The number of nitrogens with one attached hydrogen (secondary N) is 1. The van der Waals surface area contributed by atoms with Gasteiger partial charge < -0.3 is 10.5 Å². The number of carbonyl (C=O) groups excluding carboxylic acids is 3. The highest BCUT2D eigenvalue weighted by atomic mass is 35.5. The van der Waals surface area contributed by atoms with Crippen LogP contribution in [0.1, 0.15) is 46.9 Å². The summed E-state index contributed by atoms with van der Waals surface area (Å²) < 4.78 is 5.42. The SMILES string of the molecule is CC(OC(=O)c1c2c(nc3ccccc13)/C(=C/c1cccc(Cl)c1Cl)CCC2)C(=O)NC(N)=O. The third-order valence-corrected chi connectivity index (χ3v) is 6.42. The Hall–Kier alpha value is -3.42. The van der Waals surface area contributed by atoms with Crippen molar-refractivity contribution >= 4 is 63.7 Å². The van der Waals surface area contributed by atoms with Crippen molar-refractivity contribution < 1.29 is 19.1 Å². The Morgan fingerprint density at radius 3 is 2.65 bits per heavy atom. The van der Waals surface area contributed by atoms with Crippen molar-refractivity contribution in [2.75, 3.05) is 0 Å². The number of halogens is 2. The summed E-state index contributed by atoms with van der Waals surface area (Å²) in [5.41, 5.74) is 9.06. The molecule has 0 radical (unpaired) electrons. The first-order valence-electron chi connectivity index (χ1n) is 10.6. The summed E-state index contributed by atoms with van der Waals surface area (Å²) in [4.78, 5) is 41.2. The largest absolute Gasteiger partial charge is 0.449 e. The van der Waals surface area contributed by atoms with E-state index in [1.807, 2.05) is 41.7 Å². The van der Waals surface area contributed by atoms with Gasteiger partial charge in [0.1, 0.15) is 0 Å². The first-order chi connectivity index (χ1) is 16.3. The zero-order valence-electron chi connectivity index (χ0n) is 18.2. The van der Waals surface area contributed by atoms with Gasteiger partial charge in [-0.3, -0.25) is 10.1 Å². The second-order valence-corrected chi connectivity index (χ2v) is 8.68. The number of ether oxygens (including phenoxy) is 1. The number of amides is 3. The van der Waals surface area contributed by atoms with Gasteiger partial charge in [-0.25, -0.2) is 14.6 Å². The summed E-state index contributed by atoms with van der Waals surface area (Å²) in [6, 6.07) is 11.6. The molecule has 1 atom stereocenters. The maximum Gasteiger partial charge on any atom is 0.339 e. The van der Waals surface area contributed by atoms with Gasteiger partial charge in [-0.1, -0.05) is 53.5 Å². The number of aromatic nitrogens is 1. The first kappa shape index (κ1) is 23.7. The number of nitrogens with two attached hydrogens (primary N) is 1. The quantitative estimate of drug-likeness (QED) is 0.483. The van der Waals surface area contributed by atoms with Gasteiger partial charge in [0.25, 0.3) is 5.91 Å². The molecule has 4 rings (SSSR count). The van der Waals surface area contributed by atoms with Crippen LogP contribution < -0.4 is 11.1 Å². The number of nitrogens with zero attached hydrogens (tertiary/aromatic N) is 1. The summed E-state index contributed by atoms with van der Waals surface area (Å²) in [7, 11) is 0. The number of fused-ring (bicyclic) bond motifs is 2. The number of esters is 1. The van der Waals surface area contributed by atoms with Crippen molar-refractivity contribution in [3.05, 3.63) is 74.9 Å². The molecule has 0 bridgehead atoms. The van der Waals surface area contributed by atoms with E-state index in [0.29, 0.717) is 38.6 Å². The van der Waals surface area contributed by atoms with E-state index >= 15 is 0 Å². The summed E-state index contributed by atoms with van der Waals surface area (Å²) >= 11 is 12.6. The summed E-state index contributed by atoms with van der Waals surface area (Å²) in [6.45, 7) is 1.37. The fourth-order valence-corrected chi connectivity index (χ4v) is 4.39.